The third kappa shape index (κ3) is 3.00. The largest absolute Gasteiger partial charge is 0.456 e. The molecule has 0 aliphatic carbocycles. The number of likely N-dealkylation sites (N-methyl/N-ethyl adjacent to an activating group) is 1. The number of benzene rings is 2. The maximum Gasteiger partial charge on any atom is 0.238 e. The zero-order valence-electron chi connectivity index (χ0n) is 13.8. The molecule has 1 fully saturated rings. The van der Waals surface area contributed by atoms with E-state index in [1.54, 1.807) is 0 Å². The number of para-hydroxylation sites is 1. The van der Waals surface area contributed by atoms with Gasteiger partial charge in [0, 0.05) is 42.6 Å². The van der Waals surface area contributed by atoms with Crippen molar-refractivity contribution in [1.29, 1.82) is 0 Å². The van der Waals surface area contributed by atoms with Gasteiger partial charge in [-0.2, -0.15) is 0 Å². The van der Waals surface area contributed by atoms with Crippen LogP contribution in [0.15, 0.2) is 46.9 Å². The zero-order chi connectivity index (χ0) is 16.5. The van der Waals surface area contributed by atoms with Gasteiger partial charge in [0.25, 0.3) is 0 Å². The molecule has 4 rings (SSSR count). The highest BCUT2D eigenvalue weighted by atomic mass is 16.3. The highest BCUT2D eigenvalue weighted by molar-refractivity contribution is 6.07. The van der Waals surface area contributed by atoms with Crippen LogP contribution in [0.2, 0.25) is 0 Å². The Bertz CT molecular complexity index is 879. The summed E-state index contributed by atoms with van der Waals surface area (Å²) in [5, 5.41) is 5.11. The summed E-state index contributed by atoms with van der Waals surface area (Å²) in [6.07, 6.45) is 0. The van der Waals surface area contributed by atoms with Crippen LogP contribution >= 0.6 is 0 Å². The fourth-order valence-corrected chi connectivity index (χ4v) is 3.21. The van der Waals surface area contributed by atoms with Gasteiger partial charge in [0.2, 0.25) is 5.91 Å². The van der Waals surface area contributed by atoms with E-state index in [0.717, 1.165) is 53.8 Å². The van der Waals surface area contributed by atoms with Crippen molar-refractivity contribution in [1.82, 2.24) is 9.80 Å². The number of hydrogen-bond acceptors (Lipinski definition) is 4. The number of hydrogen-bond donors (Lipinski definition) is 1. The molecule has 0 radical (unpaired) electrons. The van der Waals surface area contributed by atoms with Crippen LogP contribution < -0.4 is 5.32 Å². The van der Waals surface area contributed by atoms with Gasteiger partial charge in [-0.1, -0.05) is 18.2 Å². The van der Waals surface area contributed by atoms with Crippen molar-refractivity contribution in [3.63, 3.8) is 0 Å². The molecular weight excluding hydrogens is 302 g/mol. The first kappa shape index (κ1) is 15.2. The Balaban J connectivity index is 1.49. The molecular formula is C19H21N3O2. The first-order valence-electron chi connectivity index (χ1n) is 8.31. The number of carbonyl (C=O) groups excluding carboxylic acids is 1. The molecule has 1 aliphatic heterocycles. The van der Waals surface area contributed by atoms with Crippen molar-refractivity contribution in [2.75, 3.05) is 45.1 Å². The Morgan fingerprint density at radius 2 is 1.79 bits per heavy atom. The van der Waals surface area contributed by atoms with E-state index in [0.29, 0.717) is 6.54 Å². The molecule has 1 amide bonds. The molecule has 0 unspecified atom stereocenters. The van der Waals surface area contributed by atoms with E-state index in [1.165, 1.54) is 0 Å². The molecule has 1 aliphatic rings. The molecule has 2 heterocycles. The lowest BCUT2D eigenvalue weighted by molar-refractivity contribution is -0.117. The number of amides is 1. The molecule has 5 heteroatoms. The Morgan fingerprint density at radius 3 is 2.62 bits per heavy atom. The molecule has 3 aromatic rings. The number of nitrogens with zero attached hydrogens (tertiary/aromatic N) is 2. The lowest BCUT2D eigenvalue weighted by Gasteiger charge is -2.31. The summed E-state index contributed by atoms with van der Waals surface area (Å²) in [6, 6.07) is 13.8. The lowest BCUT2D eigenvalue weighted by atomic mass is 10.1. The second kappa shape index (κ2) is 6.26. The molecule has 0 atom stereocenters. The lowest BCUT2D eigenvalue weighted by Crippen LogP contribution is -2.47. The van der Waals surface area contributed by atoms with Crippen LogP contribution in [0.5, 0.6) is 0 Å². The summed E-state index contributed by atoms with van der Waals surface area (Å²) in [5.74, 6) is 0.0340. The smallest absolute Gasteiger partial charge is 0.238 e. The minimum Gasteiger partial charge on any atom is -0.456 e. The van der Waals surface area contributed by atoms with Gasteiger partial charge in [-0.3, -0.25) is 9.69 Å². The average molecular weight is 323 g/mol. The molecule has 24 heavy (non-hydrogen) atoms. The van der Waals surface area contributed by atoms with Crippen LogP contribution in [0.3, 0.4) is 0 Å². The number of anilines is 1. The number of fused-ring (bicyclic) bond motifs is 3. The fourth-order valence-electron chi connectivity index (χ4n) is 3.21. The Labute approximate surface area is 140 Å². The second-order valence-corrected chi connectivity index (χ2v) is 6.44. The zero-order valence-corrected chi connectivity index (χ0v) is 13.8. The highest BCUT2D eigenvalue weighted by Crippen LogP contribution is 2.30. The summed E-state index contributed by atoms with van der Waals surface area (Å²) < 4.78 is 5.82. The topological polar surface area (TPSA) is 48.7 Å². The minimum absolute atomic E-state index is 0.0340. The van der Waals surface area contributed by atoms with E-state index in [4.69, 9.17) is 4.42 Å². The van der Waals surface area contributed by atoms with Crippen molar-refractivity contribution in [3.05, 3.63) is 42.5 Å². The van der Waals surface area contributed by atoms with Crippen molar-refractivity contribution in [2.24, 2.45) is 0 Å². The summed E-state index contributed by atoms with van der Waals surface area (Å²) in [6.45, 7) is 4.35. The molecule has 1 N–H and O–H groups in total. The van der Waals surface area contributed by atoms with E-state index in [9.17, 15) is 4.79 Å². The molecule has 5 nitrogen and oxygen atoms in total. The first-order chi connectivity index (χ1) is 11.7. The fraction of sp³-hybridized carbons (Fsp3) is 0.316. The SMILES string of the molecule is CN1CCN(CC(=O)Nc2ccc3oc4ccccc4c3c2)CC1. The third-order valence-electron chi connectivity index (χ3n) is 4.62. The van der Waals surface area contributed by atoms with Crippen LogP contribution in [0.4, 0.5) is 5.69 Å². The second-order valence-electron chi connectivity index (χ2n) is 6.44. The summed E-state index contributed by atoms with van der Waals surface area (Å²) in [5.41, 5.74) is 2.52. The van der Waals surface area contributed by atoms with Gasteiger partial charge in [-0.15, -0.1) is 0 Å². The van der Waals surface area contributed by atoms with Crippen molar-refractivity contribution in [2.45, 2.75) is 0 Å². The molecule has 0 bridgehead atoms. The predicted molar refractivity (Wildman–Crippen MR) is 96.3 cm³/mol. The average Bonchev–Trinajstić information content (AvgIpc) is 2.95. The third-order valence-corrected chi connectivity index (χ3v) is 4.62. The van der Waals surface area contributed by atoms with E-state index in [2.05, 4.69) is 22.2 Å². The van der Waals surface area contributed by atoms with Crippen LogP contribution in [-0.4, -0.2) is 55.5 Å². The summed E-state index contributed by atoms with van der Waals surface area (Å²) in [4.78, 5) is 16.8. The molecule has 1 aromatic heterocycles. The minimum atomic E-state index is 0.0340. The Morgan fingerprint density at radius 1 is 1.04 bits per heavy atom. The van der Waals surface area contributed by atoms with Crippen molar-refractivity contribution in [3.8, 4) is 0 Å². The van der Waals surface area contributed by atoms with Gasteiger partial charge in [-0.05, 0) is 31.3 Å². The molecule has 0 spiro atoms. The predicted octanol–water partition coefficient (Wildman–Crippen LogP) is 2.77. The molecule has 2 aromatic carbocycles. The van der Waals surface area contributed by atoms with Gasteiger partial charge >= 0.3 is 0 Å². The van der Waals surface area contributed by atoms with Crippen LogP contribution in [0.25, 0.3) is 21.9 Å². The molecule has 0 saturated carbocycles. The highest BCUT2D eigenvalue weighted by Gasteiger charge is 2.16. The first-order valence-corrected chi connectivity index (χ1v) is 8.31. The molecule has 1 saturated heterocycles. The summed E-state index contributed by atoms with van der Waals surface area (Å²) in [7, 11) is 2.11. The van der Waals surface area contributed by atoms with Gasteiger partial charge < -0.3 is 14.6 Å². The van der Waals surface area contributed by atoms with Crippen LogP contribution in [-0.2, 0) is 4.79 Å². The van der Waals surface area contributed by atoms with Crippen molar-refractivity contribution < 1.29 is 9.21 Å². The number of piperazine rings is 1. The maximum absolute atomic E-state index is 12.3. The normalized spacial score (nSPS) is 16.7. The van der Waals surface area contributed by atoms with Crippen LogP contribution in [0.1, 0.15) is 0 Å². The van der Waals surface area contributed by atoms with Gasteiger partial charge in [-0.25, -0.2) is 0 Å². The van der Waals surface area contributed by atoms with E-state index in [-0.39, 0.29) is 5.91 Å². The molecule has 124 valence electrons. The Hall–Kier alpha value is -2.37. The maximum atomic E-state index is 12.3. The van der Waals surface area contributed by atoms with Crippen LogP contribution in [0, 0.1) is 0 Å². The number of carbonyl (C=O) groups is 1. The summed E-state index contributed by atoms with van der Waals surface area (Å²) >= 11 is 0. The standard InChI is InChI=1S/C19H21N3O2/c1-21-8-10-22(11-9-21)13-19(23)20-14-6-7-18-16(12-14)15-4-2-3-5-17(15)24-18/h2-7,12H,8-11,13H2,1H3,(H,20,23). The number of rotatable bonds is 3. The van der Waals surface area contributed by atoms with Gasteiger partial charge in [0.15, 0.2) is 0 Å². The van der Waals surface area contributed by atoms with E-state index in [1.807, 2.05) is 42.5 Å². The monoisotopic (exact) mass is 323 g/mol. The van der Waals surface area contributed by atoms with E-state index < -0.39 is 0 Å². The number of nitrogens with one attached hydrogen (secondary N) is 1. The van der Waals surface area contributed by atoms with Gasteiger partial charge in [0.1, 0.15) is 11.2 Å². The van der Waals surface area contributed by atoms with Gasteiger partial charge in [0.05, 0.1) is 6.54 Å². The number of furan rings is 1. The van der Waals surface area contributed by atoms with Crippen molar-refractivity contribution >= 4 is 33.5 Å². The quantitative estimate of drug-likeness (QED) is 0.805. The Kier molecular flexibility index (Phi) is 3.96. The van der Waals surface area contributed by atoms with E-state index >= 15 is 0 Å².